The Labute approximate surface area is 160 Å². The molecule has 28 heavy (non-hydrogen) atoms. The first-order chi connectivity index (χ1) is 13.5. The Hall–Kier alpha value is -3.16. The normalized spacial score (nSPS) is 15.1. The molecular weight excluding hydrogens is 365 g/mol. The fourth-order valence-electron chi connectivity index (χ4n) is 3.48. The molecule has 1 aliphatic heterocycles. The maximum atomic E-state index is 13.0. The van der Waals surface area contributed by atoms with Crippen LogP contribution in [0.4, 0.5) is 4.39 Å². The van der Waals surface area contributed by atoms with Crippen molar-refractivity contribution in [1.29, 1.82) is 0 Å². The Bertz CT molecular complexity index is 1030. The van der Waals surface area contributed by atoms with Gasteiger partial charge in [-0.3, -0.25) is 4.79 Å². The first kappa shape index (κ1) is 18.2. The van der Waals surface area contributed by atoms with Gasteiger partial charge in [-0.25, -0.2) is 9.18 Å². The Morgan fingerprint density at radius 3 is 2.57 bits per heavy atom. The Balaban J connectivity index is 1.40. The maximum absolute atomic E-state index is 13.0. The third kappa shape index (κ3) is 3.62. The fraction of sp³-hybridized carbons (Fsp3) is 0.350. The van der Waals surface area contributed by atoms with Crippen molar-refractivity contribution >= 4 is 5.91 Å². The number of benzene rings is 1. The summed E-state index contributed by atoms with van der Waals surface area (Å²) < 4.78 is 24.9. The van der Waals surface area contributed by atoms with Gasteiger partial charge in [-0.1, -0.05) is 12.1 Å². The maximum Gasteiger partial charge on any atom is 0.437 e. The molecule has 146 valence electrons. The number of rotatable bonds is 4. The molecule has 0 radical (unpaired) electrons. The van der Waals surface area contributed by atoms with Crippen LogP contribution in [0.1, 0.15) is 30.2 Å². The summed E-state index contributed by atoms with van der Waals surface area (Å²) in [6, 6.07) is 7.53. The highest BCUT2D eigenvalue weighted by Crippen LogP contribution is 2.25. The van der Waals surface area contributed by atoms with Crippen molar-refractivity contribution in [2.45, 2.75) is 32.2 Å². The second kappa shape index (κ2) is 7.46. The topological polar surface area (TPSA) is 81.5 Å². The Morgan fingerprint density at radius 1 is 1.21 bits per heavy atom. The van der Waals surface area contributed by atoms with Gasteiger partial charge in [-0.15, -0.1) is 5.10 Å². The zero-order valence-corrected chi connectivity index (χ0v) is 15.4. The van der Waals surface area contributed by atoms with E-state index in [0.29, 0.717) is 37.3 Å². The predicted molar refractivity (Wildman–Crippen MR) is 98.2 cm³/mol. The van der Waals surface area contributed by atoms with Crippen LogP contribution in [0.5, 0.6) is 0 Å². The van der Waals surface area contributed by atoms with Gasteiger partial charge in [0, 0.05) is 13.1 Å². The van der Waals surface area contributed by atoms with Crippen LogP contribution in [0, 0.1) is 12.7 Å². The molecule has 1 aromatic carbocycles. The summed E-state index contributed by atoms with van der Waals surface area (Å²) in [6.07, 6.45) is 2.99. The summed E-state index contributed by atoms with van der Waals surface area (Å²) in [5.41, 5.74) is 1.43. The van der Waals surface area contributed by atoms with Crippen LogP contribution >= 0.6 is 0 Å². The predicted octanol–water partition coefficient (Wildman–Crippen LogP) is 2.95. The Morgan fingerprint density at radius 2 is 1.93 bits per heavy atom. The first-order valence-corrected chi connectivity index (χ1v) is 9.17. The van der Waals surface area contributed by atoms with E-state index >= 15 is 0 Å². The molecule has 8 heteroatoms. The first-order valence-electron chi connectivity index (χ1n) is 9.17. The van der Waals surface area contributed by atoms with Crippen LogP contribution in [-0.2, 0) is 11.2 Å². The summed E-state index contributed by atoms with van der Waals surface area (Å²) in [6.45, 7) is 2.84. The lowest BCUT2D eigenvalue weighted by molar-refractivity contribution is -0.131. The van der Waals surface area contributed by atoms with Crippen LogP contribution in [0.25, 0.3) is 11.5 Å². The molecule has 0 unspecified atom stereocenters. The molecule has 1 aliphatic rings. The number of aromatic nitrogens is 2. The van der Waals surface area contributed by atoms with Crippen LogP contribution < -0.4 is 5.76 Å². The highest BCUT2D eigenvalue weighted by molar-refractivity contribution is 5.78. The highest BCUT2D eigenvalue weighted by Gasteiger charge is 2.27. The molecule has 4 rings (SSSR count). The molecule has 0 aliphatic carbocycles. The summed E-state index contributed by atoms with van der Waals surface area (Å²) in [5, 5.41) is 4.32. The van der Waals surface area contributed by atoms with Crippen molar-refractivity contribution in [2.75, 3.05) is 13.1 Å². The quantitative estimate of drug-likeness (QED) is 0.690. The number of likely N-dealkylation sites (tertiary alicyclic amines) is 1. The third-order valence-electron chi connectivity index (χ3n) is 5.09. The average Bonchev–Trinajstić information content (AvgIpc) is 3.29. The summed E-state index contributed by atoms with van der Waals surface area (Å²) in [4.78, 5) is 26.5. The third-order valence-corrected chi connectivity index (χ3v) is 5.09. The van der Waals surface area contributed by atoms with Crippen LogP contribution in [0.2, 0.25) is 0 Å². The second-order valence-corrected chi connectivity index (χ2v) is 6.92. The molecular formula is C20H20FN3O4. The number of piperidine rings is 1. The number of furan rings is 1. The number of halogens is 1. The van der Waals surface area contributed by atoms with E-state index < -0.39 is 5.76 Å². The lowest BCUT2D eigenvalue weighted by Gasteiger charge is -2.31. The van der Waals surface area contributed by atoms with Gasteiger partial charge >= 0.3 is 5.76 Å². The minimum absolute atomic E-state index is 0.00716. The van der Waals surface area contributed by atoms with E-state index in [2.05, 4.69) is 5.10 Å². The van der Waals surface area contributed by atoms with Gasteiger partial charge in [-0.05, 0) is 43.5 Å². The minimum Gasteiger partial charge on any atom is -0.469 e. The second-order valence-electron chi connectivity index (χ2n) is 6.92. The Kier molecular flexibility index (Phi) is 4.85. The summed E-state index contributed by atoms with van der Waals surface area (Å²) in [7, 11) is 0. The van der Waals surface area contributed by atoms with E-state index in [1.165, 1.54) is 23.1 Å². The zero-order chi connectivity index (χ0) is 19.7. The molecule has 1 amide bonds. The number of carbonyl (C=O) groups excluding carboxylic acids is 1. The van der Waals surface area contributed by atoms with Crippen molar-refractivity contribution in [3.63, 3.8) is 0 Å². The number of hydrogen-bond donors (Lipinski definition) is 0. The van der Waals surface area contributed by atoms with Gasteiger partial charge < -0.3 is 13.7 Å². The molecule has 1 saturated heterocycles. The van der Waals surface area contributed by atoms with Crippen LogP contribution in [0.15, 0.2) is 50.2 Å². The minimum atomic E-state index is -0.508. The van der Waals surface area contributed by atoms with E-state index in [-0.39, 0.29) is 30.1 Å². The number of hydrogen-bond acceptors (Lipinski definition) is 5. The van der Waals surface area contributed by atoms with Crippen molar-refractivity contribution in [3.05, 3.63) is 64.3 Å². The van der Waals surface area contributed by atoms with Gasteiger partial charge in [-0.2, -0.15) is 4.68 Å². The zero-order valence-electron chi connectivity index (χ0n) is 15.4. The number of carbonyl (C=O) groups is 1. The van der Waals surface area contributed by atoms with Gasteiger partial charge in [0.15, 0.2) is 0 Å². The number of nitrogens with zero attached hydrogens (tertiary/aromatic N) is 3. The smallest absolute Gasteiger partial charge is 0.437 e. The standard InChI is InChI=1S/C20H20FN3O4/c1-13-17(8-11-27-13)19-22-24(20(26)28-19)16-6-9-23(10-7-16)18(25)12-14-2-4-15(21)5-3-14/h2-5,8,11,16H,6-7,9-10,12H2,1H3. The van der Waals surface area contributed by atoms with E-state index in [0.717, 1.165) is 5.56 Å². The molecule has 2 aromatic heterocycles. The summed E-state index contributed by atoms with van der Waals surface area (Å²) in [5.74, 6) is 0.0414. The van der Waals surface area contributed by atoms with E-state index in [4.69, 9.17) is 8.83 Å². The van der Waals surface area contributed by atoms with Gasteiger partial charge in [0.05, 0.1) is 24.3 Å². The molecule has 1 fully saturated rings. The van der Waals surface area contributed by atoms with Crippen molar-refractivity contribution in [1.82, 2.24) is 14.7 Å². The van der Waals surface area contributed by atoms with E-state index in [1.54, 1.807) is 30.0 Å². The van der Waals surface area contributed by atoms with Crippen molar-refractivity contribution in [3.8, 4) is 11.5 Å². The number of amides is 1. The summed E-state index contributed by atoms with van der Waals surface area (Å²) >= 11 is 0. The highest BCUT2D eigenvalue weighted by atomic mass is 19.1. The molecule has 0 N–H and O–H groups in total. The largest absolute Gasteiger partial charge is 0.469 e. The SMILES string of the molecule is Cc1occc1-c1nn(C2CCN(C(=O)Cc3ccc(F)cc3)CC2)c(=O)o1. The monoisotopic (exact) mass is 385 g/mol. The lowest BCUT2D eigenvalue weighted by atomic mass is 10.0. The number of aryl methyl sites for hydroxylation is 1. The average molecular weight is 385 g/mol. The van der Waals surface area contributed by atoms with Gasteiger partial charge in [0.25, 0.3) is 5.89 Å². The molecule has 0 saturated carbocycles. The molecule has 7 nitrogen and oxygen atoms in total. The van der Waals surface area contributed by atoms with Crippen LogP contribution in [-0.4, -0.2) is 33.7 Å². The molecule has 3 aromatic rings. The van der Waals surface area contributed by atoms with E-state index in [9.17, 15) is 14.0 Å². The van der Waals surface area contributed by atoms with Crippen molar-refractivity contribution in [2.24, 2.45) is 0 Å². The van der Waals surface area contributed by atoms with Crippen LogP contribution in [0.3, 0.4) is 0 Å². The van der Waals surface area contributed by atoms with Crippen molar-refractivity contribution < 1.29 is 18.0 Å². The molecule has 0 spiro atoms. The van der Waals surface area contributed by atoms with E-state index in [1.807, 2.05) is 0 Å². The fourth-order valence-corrected chi connectivity index (χ4v) is 3.48. The molecule has 3 heterocycles. The van der Waals surface area contributed by atoms with Gasteiger partial charge in [0.2, 0.25) is 5.91 Å². The van der Waals surface area contributed by atoms with Gasteiger partial charge in [0.1, 0.15) is 11.6 Å². The molecule has 0 atom stereocenters. The molecule has 0 bridgehead atoms. The lowest BCUT2D eigenvalue weighted by Crippen LogP contribution is -2.41.